The molecule has 0 saturated carbocycles. The van der Waals surface area contributed by atoms with Crippen LogP contribution in [0.2, 0.25) is 0 Å². The van der Waals surface area contributed by atoms with Gasteiger partial charge in [-0.25, -0.2) is 4.39 Å². The summed E-state index contributed by atoms with van der Waals surface area (Å²) >= 11 is 0. The van der Waals surface area contributed by atoms with Gasteiger partial charge in [0.1, 0.15) is 11.9 Å². The molecule has 4 heteroatoms. The third-order valence-electron chi connectivity index (χ3n) is 3.30. The third-order valence-corrected chi connectivity index (χ3v) is 3.30. The lowest BCUT2D eigenvalue weighted by Gasteiger charge is -2.08. The van der Waals surface area contributed by atoms with E-state index in [2.05, 4.69) is 5.32 Å². The highest BCUT2D eigenvalue weighted by atomic mass is 19.1. The van der Waals surface area contributed by atoms with Crippen molar-refractivity contribution in [3.8, 4) is 5.75 Å². The molecule has 1 aromatic rings. The van der Waals surface area contributed by atoms with E-state index in [1.54, 1.807) is 31.4 Å². The van der Waals surface area contributed by atoms with Gasteiger partial charge in [-0.05, 0) is 37.1 Å². The van der Waals surface area contributed by atoms with Crippen molar-refractivity contribution in [2.45, 2.75) is 31.5 Å². The molecule has 0 bridgehead atoms. The Hall–Kier alpha value is -1.42. The number of alkyl halides is 1. The smallest absolute Gasteiger partial charge is 0.162 e. The number of hydrogen-bond acceptors (Lipinski definition) is 3. The molecule has 2 unspecified atom stereocenters. The summed E-state index contributed by atoms with van der Waals surface area (Å²) in [4.78, 5) is 11.9. The number of carbonyl (C=O) groups is 1. The van der Waals surface area contributed by atoms with Crippen LogP contribution >= 0.6 is 0 Å². The van der Waals surface area contributed by atoms with E-state index in [1.807, 2.05) is 0 Å². The highest BCUT2D eigenvalue weighted by molar-refractivity contribution is 5.96. The Kier molecular flexibility index (Phi) is 4.31. The molecule has 1 saturated heterocycles. The maximum absolute atomic E-state index is 12.9. The standard InChI is InChI=1S/C14H18FNO2/c1-18-13-5-2-10(3-6-13)14(17)7-4-12-8-11(15)9-16-12/h2-3,5-6,11-12,16H,4,7-9H2,1H3. The fraction of sp³-hybridized carbons (Fsp3) is 0.500. The summed E-state index contributed by atoms with van der Waals surface area (Å²) in [6, 6.07) is 7.22. The number of benzene rings is 1. The fourth-order valence-electron chi connectivity index (χ4n) is 2.22. The van der Waals surface area contributed by atoms with Gasteiger partial charge in [0.15, 0.2) is 5.78 Å². The molecule has 98 valence electrons. The third kappa shape index (κ3) is 3.29. The van der Waals surface area contributed by atoms with Crippen LogP contribution in [-0.4, -0.2) is 31.7 Å². The SMILES string of the molecule is COc1ccc(C(=O)CCC2CC(F)CN2)cc1. The molecule has 2 atom stereocenters. The largest absolute Gasteiger partial charge is 0.497 e. The van der Waals surface area contributed by atoms with Gasteiger partial charge < -0.3 is 10.1 Å². The molecule has 3 nitrogen and oxygen atoms in total. The van der Waals surface area contributed by atoms with Crippen LogP contribution in [0.15, 0.2) is 24.3 Å². The molecule has 1 heterocycles. The van der Waals surface area contributed by atoms with E-state index in [-0.39, 0.29) is 11.8 Å². The average molecular weight is 251 g/mol. The lowest BCUT2D eigenvalue weighted by atomic mass is 10.0. The molecule has 1 aromatic carbocycles. The predicted molar refractivity (Wildman–Crippen MR) is 67.9 cm³/mol. The second-order valence-electron chi connectivity index (χ2n) is 4.63. The van der Waals surface area contributed by atoms with E-state index in [1.165, 1.54) is 0 Å². The molecule has 0 spiro atoms. The molecule has 1 fully saturated rings. The topological polar surface area (TPSA) is 38.3 Å². The predicted octanol–water partition coefficient (Wildman–Crippen LogP) is 2.36. The van der Waals surface area contributed by atoms with Crippen molar-refractivity contribution in [1.29, 1.82) is 0 Å². The van der Waals surface area contributed by atoms with E-state index < -0.39 is 6.17 Å². The molecule has 0 amide bonds. The van der Waals surface area contributed by atoms with Crippen LogP contribution in [0.3, 0.4) is 0 Å². The van der Waals surface area contributed by atoms with Crippen LogP contribution in [0.5, 0.6) is 5.75 Å². The van der Waals surface area contributed by atoms with Crippen LogP contribution < -0.4 is 10.1 Å². The first kappa shape index (κ1) is 13.0. The molecule has 1 N–H and O–H groups in total. The summed E-state index contributed by atoms with van der Waals surface area (Å²) in [5.41, 5.74) is 0.686. The number of methoxy groups -OCH3 is 1. The van der Waals surface area contributed by atoms with Gasteiger partial charge in [-0.15, -0.1) is 0 Å². The zero-order valence-electron chi connectivity index (χ0n) is 10.5. The molecule has 18 heavy (non-hydrogen) atoms. The van der Waals surface area contributed by atoms with Crippen molar-refractivity contribution in [2.75, 3.05) is 13.7 Å². The van der Waals surface area contributed by atoms with Crippen LogP contribution in [-0.2, 0) is 0 Å². The van der Waals surface area contributed by atoms with Crippen LogP contribution in [0.25, 0.3) is 0 Å². The Balaban J connectivity index is 1.83. The minimum atomic E-state index is -0.758. The highest BCUT2D eigenvalue weighted by Crippen LogP contribution is 2.17. The molecule has 0 radical (unpaired) electrons. The second-order valence-corrected chi connectivity index (χ2v) is 4.63. The minimum absolute atomic E-state index is 0.0989. The van der Waals surface area contributed by atoms with Crippen molar-refractivity contribution in [2.24, 2.45) is 0 Å². The van der Waals surface area contributed by atoms with Crippen LogP contribution in [0.1, 0.15) is 29.6 Å². The summed E-state index contributed by atoms with van der Waals surface area (Å²) in [6.45, 7) is 0.418. The van der Waals surface area contributed by atoms with Gasteiger partial charge >= 0.3 is 0 Å². The summed E-state index contributed by atoms with van der Waals surface area (Å²) in [6.07, 6.45) is 0.920. The monoisotopic (exact) mass is 251 g/mol. The molecule has 0 aromatic heterocycles. The number of ether oxygens (including phenoxy) is 1. The molecular formula is C14H18FNO2. The number of hydrogen-bond donors (Lipinski definition) is 1. The van der Waals surface area contributed by atoms with E-state index in [9.17, 15) is 9.18 Å². The van der Waals surface area contributed by atoms with E-state index >= 15 is 0 Å². The Morgan fingerprint density at radius 2 is 2.17 bits per heavy atom. The van der Waals surface area contributed by atoms with E-state index in [4.69, 9.17) is 4.74 Å². The first-order chi connectivity index (χ1) is 8.69. The van der Waals surface area contributed by atoms with Gasteiger partial charge in [-0.2, -0.15) is 0 Å². The normalized spacial score (nSPS) is 23.0. The number of rotatable bonds is 5. The van der Waals surface area contributed by atoms with Gasteiger partial charge in [0.25, 0.3) is 0 Å². The summed E-state index contributed by atoms with van der Waals surface area (Å²) < 4.78 is 18.0. The highest BCUT2D eigenvalue weighted by Gasteiger charge is 2.23. The van der Waals surface area contributed by atoms with Crippen molar-refractivity contribution >= 4 is 5.78 Å². The van der Waals surface area contributed by atoms with Gasteiger partial charge in [0.2, 0.25) is 0 Å². The van der Waals surface area contributed by atoms with Gasteiger partial charge in [-0.1, -0.05) is 0 Å². The maximum atomic E-state index is 12.9. The quantitative estimate of drug-likeness (QED) is 0.816. The second kappa shape index (κ2) is 5.96. The lowest BCUT2D eigenvalue weighted by molar-refractivity contribution is 0.0976. The maximum Gasteiger partial charge on any atom is 0.162 e. The molecule has 1 aliphatic rings. The minimum Gasteiger partial charge on any atom is -0.497 e. The van der Waals surface area contributed by atoms with Gasteiger partial charge in [-0.3, -0.25) is 4.79 Å². The number of nitrogens with one attached hydrogen (secondary N) is 1. The van der Waals surface area contributed by atoms with Gasteiger partial charge in [0.05, 0.1) is 7.11 Å². The van der Waals surface area contributed by atoms with E-state index in [0.717, 1.165) is 5.75 Å². The van der Waals surface area contributed by atoms with Crippen LogP contribution in [0.4, 0.5) is 4.39 Å². The molecule has 0 aliphatic carbocycles. The van der Waals surface area contributed by atoms with E-state index in [0.29, 0.717) is 31.4 Å². The molecule has 2 rings (SSSR count). The first-order valence-corrected chi connectivity index (χ1v) is 6.23. The number of ketones is 1. The summed E-state index contributed by atoms with van der Waals surface area (Å²) in [7, 11) is 1.59. The molecule has 1 aliphatic heterocycles. The number of carbonyl (C=O) groups excluding carboxylic acids is 1. The van der Waals surface area contributed by atoms with Crippen molar-refractivity contribution < 1.29 is 13.9 Å². The van der Waals surface area contributed by atoms with Crippen LogP contribution in [0, 0.1) is 0 Å². The first-order valence-electron chi connectivity index (χ1n) is 6.23. The number of halogens is 1. The Morgan fingerprint density at radius 3 is 2.72 bits per heavy atom. The Morgan fingerprint density at radius 1 is 1.44 bits per heavy atom. The summed E-state index contributed by atoms with van der Waals surface area (Å²) in [5, 5.41) is 3.08. The molecular weight excluding hydrogens is 233 g/mol. The lowest BCUT2D eigenvalue weighted by Crippen LogP contribution is -2.22. The summed E-state index contributed by atoms with van der Waals surface area (Å²) in [5.74, 6) is 0.839. The Bertz CT molecular complexity index is 405. The van der Waals surface area contributed by atoms with Crippen molar-refractivity contribution in [3.05, 3.63) is 29.8 Å². The zero-order valence-corrected chi connectivity index (χ0v) is 10.5. The van der Waals surface area contributed by atoms with Gasteiger partial charge in [0, 0.05) is 24.6 Å². The zero-order chi connectivity index (χ0) is 13.0. The number of Topliss-reactive ketones (excluding diaryl/α,β-unsaturated/α-hetero) is 1. The average Bonchev–Trinajstić information content (AvgIpc) is 2.82. The van der Waals surface area contributed by atoms with Crippen molar-refractivity contribution in [1.82, 2.24) is 5.32 Å². The Labute approximate surface area is 106 Å². The van der Waals surface area contributed by atoms with Crippen molar-refractivity contribution in [3.63, 3.8) is 0 Å². The fourth-order valence-corrected chi connectivity index (χ4v) is 2.22.